The summed E-state index contributed by atoms with van der Waals surface area (Å²) in [7, 11) is 1.80. The topological polar surface area (TPSA) is 54.5 Å². The SMILES string of the molecule is CN1CC(c2cccc(F)c2)C2(C(=O)c3ccccc3C2=O)C12C(=O)c1cccc3cccc2c13. The molecule has 4 aromatic carbocycles. The summed E-state index contributed by atoms with van der Waals surface area (Å²) >= 11 is 0. The van der Waals surface area contributed by atoms with Gasteiger partial charge in [0.1, 0.15) is 16.8 Å². The minimum atomic E-state index is -1.75. The maximum atomic E-state index is 14.5. The van der Waals surface area contributed by atoms with Crippen molar-refractivity contribution in [3.05, 3.63) is 119 Å². The molecule has 0 saturated carbocycles. The summed E-state index contributed by atoms with van der Waals surface area (Å²) in [5.41, 5.74) is -0.898. The number of hydrogen-bond donors (Lipinski definition) is 0. The third-order valence-electron chi connectivity index (χ3n) is 8.37. The first-order valence-electron chi connectivity index (χ1n) is 11.7. The fourth-order valence-electron chi connectivity index (χ4n) is 7.15. The molecular weight excluding hydrogens is 441 g/mol. The number of benzene rings is 4. The Balaban J connectivity index is 1.63. The molecule has 1 aliphatic heterocycles. The second-order valence-electron chi connectivity index (χ2n) is 9.75. The van der Waals surface area contributed by atoms with E-state index in [0.29, 0.717) is 27.8 Å². The van der Waals surface area contributed by atoms with Gasteiger partial charge in [0.05, 0.1) is 0 Å². The zero-order chi connectivity index (χ0) is 24.1. The normalized spacial score (nSPS) is 24.3. The first-order chi connectivity index (χ1) is 16.9. The Labute approximate surface area is 201 Å². The molecule has 0 bridgehead atoms. The number of nitrogens with zero attached hydrogens (tertiary/aromatic N) is 1. The van der Waals surface area contributed by atoms with Gasteiger partial charge in [0.25, 0.3) is 0 Å². The quantitative estimate of drug-likeness (QED) is 0.367. The van der Waals surface area contributed by atoms with E-state index in [4.69, 9.17) is 0 Å². The summed E-state index contributed by atoms with van der Waals surface area (Å²) in [4.78, 5) is 45.5. The average molecular weight is 461 g/mol. The summed E-state index contributed by atoms with van der Waals surface area (Å²) in [5.74, 6) is -2.13. The molecule has 7 rings (SSSR count). The summed E-state index contributed by atoms with van der Waals surface area (Å²) < 4.78 is 14.4. The van der Waals surface area contributed by atoms with Crippen molar-refractivity contribution in [2.75, 3.05) is 13.6 Å². The number of likely N-dealkylation sites (N-methyl/N-ethyl adjacent to an activating group) is 1. The van der Waals surface area contributed by atoms with Gasteiger partial charge in [0.2, 0.25) is 0 Å². The number of fused-ring (bicyclic) bond motifs is 3. The maximum Gasteiger partial charge on any atom is 0.189 e. The van der Waals surface area contributed by atoms with Gasteiger partial charge in [-0.25, -0.2) is 4.39 Å². The van der Waals surface area contributed by atoms with Crippen molar-refractivity contribution in [2.45, 2.75) is 11.5 Å². The lowest BCUT2D eigenvalue weighted by molar-refractivity contribution is 0.0320. The molecule has 0 aromatic heterocycles. The highest BCUT2D eigenvalue weighted by atomic mass is 19.1. The smallest absolute Gasteiger partial charge is 0.189 e. The van der Waals surface area contributed by atoms with Crippen molar-refractivity contribution in [1.29, 1.82) is 0 Å². The van der Waals surface area contributed by atoms with Gasteiger partial charge in [-0.3, -0.25) is 19.3 Å². The number of ketones is 3. The number of rotatable bonds is 1. The molecule has 2 unspecified atom stereocenters. The van der Waals surface area contributed by atoms with Crippen LogP contribution in [0.2, 0.25) is 0 Å². The summed E-state index contributed by atoms with van der Waals surface area (Å²) in [5, 5.41) is 1.67. The van der Waals surface area contributed by atoms with Crippen molar-refractivity contribution in [1.82, 2.24) is 4.90 Å². The summed E-state index contributed by atoms with van der Waals surface area (Å²) in [6.45, 7) is 0.255. The van der Waals surface area contributed by atoms with Gasteiger partial charge in [-0.1, -0.05) is 72.8 Å². The van der Waals surface area contributed by atoms with Crippen LogP contribution in [-0.2, 0) is 5.54 Å². The lowest BCUT2D eigenvalue weighted by atomic mass is 9.57. The van der Waals surface area contributed by atoms with E-state index < -0.39 is 22.7 Å². The molecule has 1 heterocycles. The predicted molar refractivity (Wildman–Crippen MR) is 129 cm³/mol. The lowest BCUT2D eigenvalue weighted by Crippen LogP contribution is -2.59. The number of carbonyl (C=O) groups excluding carboxylic acids is 3. The van der Waals surface area contributed by atoms with Crippen molar-refractivity contribution < 1.29 is 18.8 Å². The minimum absolute atomic E-state index is 0.250. The lowest BCUT2D eigenvalue weighted by Gasteiger charge is -2.43. The molecule has 0 N–H and O–H groups in total. The second-order valence-corrected chi connectivity index (χ2v) is 9.75. The van der Waals surface area contributed by atoms with Crippen molar-refractivity contribution in [3.63, 3.8) is 0 Å². The van der Waals surface area contributed by atoms with Crippen LogP contribution in [0.25, 0.3) is 10.8 Å². The number of likely N-dealkylation sites (tertiary alicyclic amines) is 1. The van der Waals surface area contributed by atoms with Gasteiger partial charge in [0, 0.05) is 29.2 Å². The number of hydrogen-bond acceptors (Lipinski definition) is 4. The van der Waals surface area contributed by atoms with Crippen molar-refractivity contribution in [3.8, 4) is 0 Å². The zero-order valence-electron chi connectivity index (χ0n) is 18.9. The van der Waals surface area contributed by atoms with E-state index in [2.05, 4.69) is 0 Å². The summed E-state index contributed by atoms with van der Waals surface area (Å²) in [6, 6.07) is 24.1. The first kappa shape index (κ1) is 20.4. The van der Waals surface area contributed by atoms with E-state index in [9.17, 15) is 18.8 Å². The van der Waals surface area contributed by atoms with Gasteiger partial charge in [-0.15, -0.1) is 0 Å². The van der Waals surface area contributed by atoms with E-state index >= 15 is 0 Å². The highest BCUT2D eigenvalue weighted by molar-refractivity contribution is 6.36. The van der Waals surface area contributed by atoms with Gasteiger partial charge >= 0.3 is 0 Å². The Morgan fingerprint density at radius 1 is 0.771 bits per heavy atom. The van der Waals surface area contributed by atoms with Crippen LogP contribution >= 0.6 is 0 Å². The largest absolute Gasteiger partial charge is 0.293 e. The third kappa shape index (κ3) is 2.10. The minimum Gasteiger partial charge on any atom is -0.293 e. The molecular formula is C30H20FNO3. The molecule has 4 aromatic rings. The molecule has 2 aliphatic carbocycles. The van der Waals surface area contributed by atoms with Crippen LogP contribution in [0.3, 0.4) is 0 Å². The van der Waals surface area contributed by atoms with Crippen molar-refractivity contribution in [2.24, 2.45) is 5.41 Å². The summed E-state index contributed by atoms with van der Waals surface area (Å²) in [6.07, 6.45) is 0. The van der Waals surface area contributed by atoms with Crippen LogP contribution in [0, 0.1) is 11.2 Å². The number of Topliss-reactive ketones (excluding diaryl/α,β-unsaturated/α-hetero) is 3. The number of halogens is 1. The molecule has 3 aliphatic rings. The average Bonchev–Trinajstić information content (AvgIpc) is 3.39. The van der Waals surface area contributed by atoms with E-state index in [-0.39, 0.29) is 23.9 Å². The van der Waals surface area contributed by atoms with E-state index in [1.807, 2.05) is 35.2 Å². The zero-order valence-corrected chi connectivity index (χ0v) is 18.9. The molecule has 1 fully saturated rings. The molecule has 2 atom stereocenters. The molecule has 0 amide bonds. The fraction of sp³-hybridized carbons (Fsp3) is 0.167. The second kappa shape index (κ2) is 6.58. The van der Waals surface area contributed by atoms with Crippen LogP contribution in [0.1, 0.15) is 48.1 Å². The fourth-order valence-corrected chi connectivity index (χ4v) is 7.15. The van der Waals surface area contributed by atoms with Gasteiger partial charge in [-0.05, 0) is 41.1 Å². The van der Waals surface area contributed by atoms with E-state index in [0.717, 1.165) is 10.8 Å². The molecule has 170 valence electrons. The van der Waals surface area contributed by atoms with Crippen molar-refractivity contribution >= 4 is 28.1 Å². The Morgan fingerprint density at radius 3 is 2.09 bits per heavy atom. The maximum absolute atomic E-state index is 14.5. The predicted octanol–water partition coefficient (Wildman–Crippen LogP) is 5.17. The monoisotopic (exact) mass is 461 g/mol. The molecule has 2 spiro atoms. The van der Waals surface area contributed by atoms with Crippen LogP contribution < -0.4 is 0 Å². The highest BCUT2D eigenvalue weighted by Gasteiger charge is 2.78. The Kier molecular flexibility index (Phi) is 3.84. The van der Waals surface area contributed by atoms with Gasteiger partial charge in [-0.2, -0.15) is 0 Å². The van der Waals surface area contributed by atoms with Gasteiger partial charge in [0.15, 0.2) is 17.3 Å². The molecule has 1 saturated heterocycles. The van der Waals surface area contributed by atoms with Crippen LogP contribution in [0.15, 0.2) is 84.9 Å². The van der Waals surface area contributed by atoms with Crippen LogP contribution in [-0.4, -0.2) is 35.8 Å². The van der Waals surface area contributed by atoms with Gasteiger partial charge < -0.3 is 0 Å². The molecule has 4 nitrogen and oxygen atoms in total. The number of carbonyl (C=O) groups is 3. The molecule has 0 radical (unpaired) electrons. The van der Waals surface area contributed by atoms with Crippen LogP contribution in [0.5, 0.6) is 0 Å². The van der Waals surface area contributed by atoms with Crippen LogP contribution in [0.4, 0.5) is 4.39 Å². The Hall–Kier alpha value is -3.96. The highest BCUT2D eigenvalue weighted by Crippen LogP contribution is 2.67. The third-order valence-corrected chi connectivity index (χ3v) is 8.37. The Morgan fingerprint density at radius 2 is 1.40 bits per heavy atom. The standard InChI is InChI=1S/C30H20FNO3/c1-32-16-24(18-9-4-10-19(31)15-18)29(26(33)20-11-2-3-12-21(20)27(29)34)30(32)23-14-6-8-17-7-5-13-22(25(17)23)28(30)35/h2-15,24H,16H2,1H3. The van der Waals surface area contributed by atoms with E-state index in [1.54, 1.807) is 49.5 Å². The molecule has 5 heteroatoms. The first-order valence-corrected chi connectivity index (χ1v) is 11.7. The van der Waals surface area contributed by atoms with E-state index in [1.165, 1.54) is 12.1 Å². The Bertz CT molecular complexity index is 1600. The molecule has 35 heavy (non-hydrogen) atoms.